The molecular weight excluding hydrogens is 376 g/mol. The van der Waals surface area contributed by atoms with Gasteiger partial charge in [0.05, 0.1) is 0 Å². The van der Waals surface area contributed by atoms with Gasteiger partial charge in [-0.2, -0.15) is 0 Å². The fourth-order valence-electron chi connectivity index (χ4n) is 5.56. The summed E-state index contributed by atoms with van der Waals surface area (Å²) in [6, 6.07) is 0. The molecule has 3 aliphatic carbocycles. The van der Waals surface area contributed by atoms with Crippen molar-refractivity contribution < 1.29 is 23.9 Å². The molecule has 0 spiro atoms. The molecule has 3 saturated carbocycles. The number of hydrogen-bond donors (Lipinski definition) is 0. The molecule has 2 aromatic rings. The monoisotopic (exact) mass is 398 g/mol. The first-order valence-electron chi connectivity index (χ1n) is 9.85. The van der Waals surface area contributed by atoms with Crippen molar-refractivity contribution in [1.82, 2.24) is 19.1 Å². The lowest BCUT2D eigenvalue weighted by atomic mass is 9.78. The lowest BCUT2D eigenvalue weighted by molar-refractivity contribution is -0.127. The van der Waals surface area contributed by atoms with Gasteiger partial charge in [-0.05, 0) is 18.8 Å². The first-order valence-corrected chi connectivity index (χ1v) is 9.85. The maximum absolute atomic E-state index is 12.7. The molecule has 6 atom stereocenters. The van der Waals surface area contributed by atoms with Gasteiger partial charge in [0.25, 0.3) is 0 Å². The Kier molecular flexibility index (Phi) is 4.07. The molecule has 9 heteroatoms. The first-order chi connectivity index (χ1) is 14.0. The van der Waals surface area contributed by atoms with E-state index in [1.807, 2.05) is 0 Å². The Hall–Kier alpha value is -2.97. The number of ether oxygens (including phenoxy) is 2. The van der Waals surface area contributed by atoms with Crippen LogP contribution in [0.1, 0.15) is 40.5 Å². The topological polar surface area (TPSA) is 105 Å². The van der Waals surface area contributed by atoms with E-state index < -0.39 is 24.1 Å². The Morgan fingerprint density at radius 3 is 2.00 bits per heavy atom. The fourth-order valence-corrected chi connectivity index (χ4v) is 5.56. The minimum atomic E-state index is -0.656. The predicted octanol–water partition coefficient (Wildman–Crippen LogP) is 1.15. The average molecular weight is 398 g/mol. The Morgan fingerprint density at radius 2 is 1.48 bits per heavy atom. The van der Waals surface area contributed by atoms with E-state index in [0.29, 0.717) is 6.42 Å². The van der Waals surface area contributed by atoms with Gasteiger partial charge in [0.15, 0.2) is 0 Å². The Labute approximate surface area is 167 Å². The minimum Gasteiger partial charge on any atom is -0.452 e. The highest BCUT2D eigenvalue weighted by Crippen LogP contribution is 2.59. The van der Waals surface area contributed by atoms with Crippen molar-refractivity contribution >= 4 is 17.7 Å². The van der Waals surface area contributed by atoms with Crippen LogP contribution in [0.3, 0.4) is 0 Å². The van der Waals surface area contributed by atoms with E-state index in [2.05, 4.69) is 9.97 Å². The number of imidazole rings is 2. The molecule has 2 bridgehead atoms. The summed E-state index contributed by atoms with van der Waals surface area (Å²) in [4.78, 5) is 45.9. The average Bonchev–Trinajstić information content (AvgIpc) is 3.46. The van der Waals surface area contributed by atoms with Gasteiger partial charge < -0.3 is 18.6 Å². The lowest BCUT2D eigenvalue weighted by Crippen LogP contribution is -2.47. The van der Waals surface area contributed by atoms with E-state index in [0.717, 1.165) is 12.8 Å². The summed E-state index contributed by atoms with van der Waals surface area (Å²) in [5.74, 6) is -0.545. The fraction of sp³-hybridized carbons (Fsp3) is 0.550. The van der Waals surface area contributed by atoms with E-state index in [-0.39, 0.29) is 41.1 Å². The van der Waals surface area contributed by atoms with Crippen molar-refractivity contribution in [3.8, 4) is 0 Å². The number of carbonyl (C=O) groups excluding carboxylic acids is 3. The van der Waals surface area contributed by atoms with E-state index in [4.69, 9.17) is 9.47 Å². The number of Topliss-reactive ketones (excluding diaryl/α,β-unsaturated/α-hetero) is 1. The zero-order valence-electron chi connectivity index (χ0n) is 16.2. The number of carbonyl (C=O) groups is 3. The number of ketones is 1. The van der Waals surface area contributed by atoms with Gasteiger partial charge >= 0.3 is 11.9 Å². The molecule has 5 unspecified atom stereocenters. The van der Waals surface area contributed by atoms with Crippen LogP contribution in [-0.2, 0) is 28.4 Å². The van der Waals surface area contributed by atoms with E-state index in [9.17, 15) is 14.4 Å². The third-order valence-electron chi connectivity index (χ3n) is 6.77. The molecule has 0 aromatic carbocycles. The van der Waals surface area contributed by atoms with Gasteiger partial charge in [-0.25, -0.2) is 19.6 Å². The third-order valence-corrected chi connectivity index (χ3v) is 6.77. The highest BCUT2D eigenvalue weighted by atomic mass is 16.6. The highest BCUT2D eigenvalue weighted by Gasteiger charge is 2.64. The largest absolute Gasteiger partial charge is 0.452 e. The zero-order valence-corrected chi connectivity index (χ0v) is 16.2. The number of esters is 2. The van der Waals surface area contributed by atoms with Crippen LogP contribution >= 0.6 is 0 Å². The second-order valence-corrected chi connectivity index (χ2v) is 8.22. The predicted molar refractivity (Wildman–Crippen MR) is 97.6 cm³/mol. The molecule has 0 radical (unpaired) electrons. The smallest absolute Gasteiger partial charge is 0.374 e. The summed E-state index contributed by atoms with van der Waals surface area (Å²) >= 11 is 0. The van der Waals surface area contributed by atoms with Gasteiger partial charge in [0, 0.05) is 63.1 Å². The maximum atomic E-state index is 12.7. The van der Waals surface area contributed by atoms with Crippen LogP contribution in [0.2, 0.25) is 0 Å². The molecule has 3 fully saturated rings. The summed E-state index contributed by atoms with van der Waals surface area (Å²) in [5, 5.41) is 0. The van der Waals surface area contributed by atoms with Crippen molar-refractivity contribution in [2.75, 3.05) is 0 Å². The van der Waals surface area contributed by atoms with Gasteiger partial charge in [-0.3, -0.25) is 4.79 Å². The number of fused-ring (bicyclic) bond motifs is 5. The Bertz CT molecular complexity index is 995. The number of aromatic nitrogens is 4. The quantitative estimate of drug-likeness (QED) is 0.711. The lowest BCUT2D eigenvalue weighted by Gasteiger charge is -2.36. The van der Waals surface area contributed by atoms with Crippen LogP contribution in [0.15, 0.2) is 24.8 Å². The highest BCUT2D eigenvalue weighted by molar-refractivity contribution is 5.88. The molecule has 2 heterocycles. The van der Waals surface area contributed by atoms with Crippen molar-refractivity contribution in [3.05, 3.63) is 36.4 Å². The second-order valence-electron chi connectivity index (χ2n) is 8.22. The van der Waals surface area contributed by atoms with Crippen LogP contribution in [0.5, 0.6) is 0 Å². The van der Waals surface area contributed by atoms with Gasteiger partial charge in [-0.1, -0.05) is 0 Å². The standard InChI is InChI=1S/C20H22N4O5/c1-23-7-5-21-17(23)19(26)28-15-11-9-12(14-10(11)3-4-13(14)25)16(15)29-20(27)18-22-6-8-24(18)2/h5-8,10-12,14-16H,3-4,9H2,1-2H3/t10?,11-,12?,14?,15?,16?/m1/s1. The molecule has 5 rings (SSSR count). The Morgan fingerprint density at radius 1 is 0.931 bits per heavy atom. The number of rotatable bonds is 4. The molecular formula is C20H22N4O5. The van der Waals surface area contributed by atoms with Gasteiger partial charge in [0.2, 0.25) is 11.6 Å². The molecule has 2 aromatic heterocycles. The van der Waals surface area contributed by atoms with E-state index in [1.165, 1.54) is 12.4 Å². The summed E-state index contributed by atoms with van der Waals surface area (Å²) in [5.41, 5.74) is 0. The summed E-state index contributed by atoms with van der Waals surface area (Å²) in [6.07, 6.45) is 7.21. The molecule has 0 amide bonds. The first kappa shape index (κ1) is 18.1. The van der Waals surface area contributed by atoms with Crippen LogP contribution in [-0.4, -0.2) is 49.0 Å². The minimum absolute atomic E-state index is 0.0137. The molecule has 0 N–H and O–H groups in total. The summed E-state index contributed by atoms with van der Waals surface area (Å²) in [6.45, 7) is 0. The SMILES string of the molecule is Cn1ccnc1C(=O)OC1C2C[C@H](C3CCC(=O)C23)C1OC(=O)c1nccn1C. The molecule has 9 nitrogen and oxygen atoms in total. The van der Waals surface area contributed by atoms with Gasteiger partial charge in [-0.15, -0.1) is 0 Å². The van der Waals surface area contributed by atoms with Crippen molar-refractivity contribution in [2.45, 2.75) is 31.5 Å². The van der Waals surface area contributed by atoms with Crippen LogP contribution in [0.4, 0.5) is 0 Å². The van der Waals surface area contributed by atoms with E-state index >= 15 is 0 Å². The number of nitrogens with zero attached hydrogens (tertiary/aromatic N) is 4. The van der Waals surface area contributed by atoms with E-state index in [1.54, 1.807) is 35.6 Å². The molecule has 3 aliphatic rings. The van der Waals surface area contributed by atoms with Crippen molar-refractivity contribution in [1.29, 1.82) is 0 Å². The maximum Gasteiger partial charge on any atom is 0.374 e. The molecule has 152 valence electrons. The molecule has 29 heavy (non-hydrogen) atoms. The zero-order chi connectivity index (χ0) is 20.3. The summed E-state index contributed by atoms with van der Waals surface area (Å²) < 4.78 is 14.8. The van der Waals surface area contributed by atoms with Crippen LogP contribution < -0.4 is 0 Å². The summed E-state index contributed by atoms with van der Waals surface area (Å²) in [7, 11) is 3.42. The third kappa shape index (κ3) is 2.71. The number of aryl methyl sites for hydroxylation is 2. The van der Waals surface area contributed by atoms with Crippen molar-refractivity contribution in [3.63, 3.8) is 0 Å². The molecule has 0 saturated heterocycles. The van der Waals surface area contributed by atoms with Crippen LogP contribution in [0, 0.1) is 23.7 Å². The molecule has 0 aliphatic heterocycles. The second kappa shape index (κ2) is 6.53. The van der Waals surface area contributed by atoms with Gasteiger partial charge in [0.1, 0.15) is 18.0 Å². The number of hydrogen-bond acceptors (Lipinski definition) is 7. The Balaban J connectivity index is 1.42. The van der Waals surface area contributed by atoms with Crippen LogP contribution in [0.25, 0.3) is 0 Å². The van der Waals surface area contributed by atoms with Crippen molar-refractivity contribution in [2.24, 2.45) is 37.8 Å². The normalized spacial score (nSPS) is 32.4.